The zero-order valence-corrected chi connectivity index (χ0v) is 9.11. The van der Waals surface area contributed by atoms with E-state index in [2.05, 4.69) is 16.1 Å². The van der Waals surface area contributed by atoms with Crippen LogP contribution in [0.3, 0.4) is 0 Å². The summed E-state index contributed by atoms with van der Waals surface area (Å²) in [5.74, 6) is -1.10. The van der Waals surface area contributed by atoms with Gasteiger partial charge in [0.05, 0.1) is 31.5 Å². The summed E-state index contributed by atoms with van der Waals surface area (Å²) in [6.45, 7) is 3.80. The van der Waals surface area contributed by atoms with Crippen molar-refractivity contribution in [1.82, 2.24) is 0 Å². The van der Waals surface area contributed by atoms with Crippen molar-refractivity contribution in [2.45, 2.75) is 18.6 Å². The summed E-state index contributed by atoms with van der Waals surface area (Å²) >= 11 is 0. The SMILES string of the molecule is C=C1C[C@H]2O[C@@H]1C(C(=O)OC)=C2C(=O)OC. The lowest BCUT2D eigenvalue weighted by atomic mass is 9.89. The number of fused-ring (bicyclic) bond motifs is 2. The van der Waals surface area contributed by atoms with Crippen molar-refractivity contribution in [3.8, 4) is 0 Å². The number of carbonyl (C=O) groups is 2. The summed E-state index contributed by atoms with van der Waals surface area (Å²) < 4.78 is 14.7. The highest BCUT2D eigenvalue weighted by Gasteiger charge is 2.49. The molecule has 2 rings (SSSR count). The third kappa shape index (κ3) is 1.36. The number of hydrogen-bond acceptors (Lipinski definition) is 5. The molecule has 2 heterocycles. The van der Waals surface area contributed by atoms with E-state index in [0.717, 1.165) is 5.57 Å². The molecule has 86 valence electrons. The fourth-order valence-electron chi connectivity index (χ4n) is 2.09. The maximum absolute atomic E-state index is 11.6. The van der Waals surface area contributed by atoms with Crippen molar-refractivity contribution in [3.05, 3.63) is 23.3 Å². The third-order valence-corrected chi connectivity index (χ3v) is 2.80. The van der Waals surface area contributed by atoms with Crippen LogP contribution >= 0.6 is 0 Å². The maximum atomic E-state index is 11.6. The van der Waals surface area contributed by atoms with E-state index in [1.807, 2.05) is 0 Å². The number of carbonyl (C=O) groups excluding carboxylic acids is 2. The Morgan fingerprint density at radius 2 is 1.81 bits per heavy atom. The van der Waals surface area contributed by atoms with Crippen LogP contribution in [0.5, 0.6) is 0 Å². The molecular weight excluding hydrogens is 212 g/mol. The van der Waals surface area contributed by atoms with Crippen LogP contribution in [0.4, 0.5) is 0 Å². The highest BCUT2D eigenvalue weighted by molar-refractivity contribution is 6.03. The fourth-order valence-corrected chi connectivity index (χ4v) is 2.09. The first kappa shape index (κ1) is 10.9. The highest BCUT2D eigenvalue weighted by Crippen LogP contribution is 2.42. The van der Waals surface area contributed by atoms with Crippen molar-refractivity contribution >= 4 is 11.9 Å². The van der Waals surface area contributed by atoms with Gasteiger partial charge in [0.15, 0.2) is 0 Å². The highest BCUT2D eigenvalue weighted by atomic mass is 16.5. The van der Waals surface area contributed by atoms with E-state index in [9.17, 15) is 9.59 Å². The minimum atomic E-state index is -0.561. The van der Waals surface area contributed by atoms with Gasteiger partial charge in [-0.15, -0.1) is 0 Å². The van der Waals surface area contributed by atoms with Gasteiger partial charge in [-0.1, -0.05) is 6.58 Å². The molecule has 1 saturated heterocycles. The Morgan fingerprint density at radius 1 is 1.25 bits per heavy atom. The lowest BCUT2D eigenvalue weighted by molar-refractivity contribution is -0.139. The van der Waals surface area contributed by atoms with Crippen LogP contribution in [0.1, 0.15) is 6.42 Å². The number of methoxy groups -OCH3 is 2. The van der Waals surface area contributed by atoms with Gasteiger partial charge in [0, 0.05) is 6.42 Å². The van der Waals surface area contributed by atoms with Gasteiger partial charge in [-0.2, -0.15) is 0 Å². The molecule has 2 aliphatic heterocycles. The predicted octanol–water partition coefficient (Wildman–Crippen LogP) is 0.356. The van der Waals surface area contributed by atoms with Crippen LogP contribution in [0.2, 0.25) is 0 Å². The number of esters is 2. The van der Waals surface area contributed by atoms with Crippen molar-refractivity contribution in [1.29, 1.82) is 0 Å². The molecule has 0 aromatic heterocycles. The molecule has 2 aliphatic rings. The molecule has 0 aromatic carbocycles. The lowest BCUT2D eigenvalue weighted by Gasteiger charge is -2.14. The second kappa shape index (κ2) is 3.75. The topological polar surface area (TPSA) is 61.8 Å². The Labute approximate surface area is 92.7 Å². The second-order valence-corrected chi connectivity index (χ2v) is 3.68. The molecule has 0 amide bonds. The molecule has 1 fully saturated rings. The normalized spacial score (nSPS) is 27.2. The van der Waals surface area contributed by atoms with Gasteiger partial charge < -0.3 is 14.2 Å². The average molecular weight is 224 g/mol. The zero-order valence-electron chi connectivity index (χ0n) is 9.11. The standard InChI is InChI=1S/C11H12O5/c1-5-4-6-7(10(12)14-2)8(9(5)16-6)11(13)15-3/h6,9H,1,4H2,2-3H3/t6-,9+/m1/s1. The molecule has 0 unspecified atom stereocenters. The first-order valence-electron chi connectivity index (χ1n) is 4.84. The third-order valence-electron chi connectivity index (χ3n) is 2.80. The van der Waals surface area contributed by atoms with E-state index < -0.39 is 24.1 Å². The Kier molecular flexibility index (Phi) is 2.55. The van der Waals surface area contributed by atoms with Crippen LogP contribution in [-0.4, -0.2) is 38.4 Å². The van der Waals surface area contributed by atoms with Crippen LogP contribution in [0.15, 0.2) is 23.3 Å². The van der Waals surface area contributed by atoms with Crippen molar-refractivity contribution in [2.75, 3.05) is 14.2 Å². The molecule has 0 aromatic rings. The first-order chi connectivity index (χ1) is 7.60. The maximum Gasteiger partial charge on any atom is 0.337 e. The molecule has 0 radical (unpaired) electrons. The summed E-state index contributed by atoms with van der Waals surface area (Å²) in [5.41, 5.74) is 1.29. The zero-order chi connectivity index (χ0) is 11.9. The number of rotatable bonds is 2. The summed E-state index contributed by atoms with van der Waals surface area (Å²) in [4.78, 5) is 23.1. The molecular formula is C11H12O5. The Bertz CT molecular complexity index is 407. The van der Waals surface area contributed by atoms with Crippen LogP contribution in [0, 0.1) is 0 Å². The van der Waals surface area contributed by atoms with Crippen LogP contribution in [-0.2, 0) is 23.8 Å². The molecule has 2 bridgehead atoms. The fraction of sp³-hybridized carbons (Fsp3) is 0.455. The minimum Gasteiger partial charge on any atom is -0.466 e. The summed E-state index contributed by atoms with van der Waals surface area (Å²) in [5, 5.41) is 0. The molecule has 5 heteroatoms. The summed E-state index contributed by atoms with van der Waals surface area (Å²) in [6.07, 6.45) is -0.388. The van der Waals surface area contributed by atoms with E-state index in [-0.39, 0.29) is 11.1 Å². The lowest BCUT2D eigenvalue weighted by Crippen LogP contribution is -2.24. The average Bonchev–Trinajstić information content (AvgIpc) is 2.82. The van der Waals surface area contributed by atoms with Gasteiger partial charge in [0.2, 0.25) is 0 Å². The van der Waals surface area contributed by atoms with E-state index in [1.54, 1.807) is 0 Å². The molecule has 0 saturated carbocycles. The van der Waals surface area contributed by atoms with Crippen molar-refractivity contribution in [3.63, 3.8) is 0 Å². The molecule has 16 heavy (non-hydrogen) atoms. The van der Waals surface area contributed by atoms with Crippen molar-refractivity contribution < 1.29 is 23.8 Å². The van der Waals surface area contributed by atoms with Gasteiger partial charge in [0.25, 0.3) is 0 Å². The molecule has 0 spiro atoms. The van der Waals surface area contributed by atoms with E-state index >= 15 is 0 Å². The predicted molar refractivity (Wildman–Crippen MR) is 53.5 cm³/mol. The molecule has 0 N–H and O–H groups in total. The van der Waals surface area contributed by atoms with Crippen molar-refractivity contribution in [2.24, 2.45) is 0 Å². The monoisotopic (exact) mass is 224 g/mol. The largest absolute Gasteiger partial charge is 0.466 e. The minimum absolute atomic E-state index is 0.232. The van der Waals surface area contributed by atoms with Gasteiger partial charge in [-0.25, -0.2) is 9.59 Å². The van der Waals surface area contributed by atoms with E-state index in [1.165, 1.54) is 14.2 Å². The van der Waals surface area contributed by atoms with Gasteiger partial charge >= 0.3 is 11.9 Å². The van der Waals surface area contributed by atoms with Gasteiger partial charge in [0.1, 0.15) is 6.10 Å². The Hall–Kier alpha value is -1.62. The first-order valence-corrected chi connectivity index (χ1v) is 4.84. The van der Waals surface area contributed by atoms with E-state index in [0.29, 0.717) is 6.42 Å². The second-order valence-electron chi connectivity index (χ2n) is 3.68. The Balaban J connectivity index is 2.46. The van der Waals surface area contributed by atoms with E-state index in [4.69, 9.17) is 4.74 Å². The van der Waals surface area contributed by atoms with Crippen LogP contribution in [0.25, 0.3) is 0 Å². The number of hydrogen-bond donors (Lipinski definition) is 0. The summed E-state index contributed by atoms with van der Waals surface area (Å²) in [6, 6.07) is 0. The Morgan fingerprint density at radius 3 is 2.38 bits per heavy atom. The summed E-state index contributed by atoms with van der Waals surface area (Å²) in [7, 11) is 2.53. The smallest absolute Gasteiger partial charge is 0.337 e. The van der Waals surface area contributed by atoms with Gasteiger partial charge in [-0.05, 0) is 5.57 Å². The van der Waals surface area contributed by atoms with Gasteiger partial charge in [-0.3, -0.25) is 0 Å². The number of ether oxygens (including phenoxy) is 3. The van der Waals surface area contributed by atoms with Crippen LogP contribution < -0.4 is 0 Å². The molecule has 5 nitrogen and oxygen atoms in total. The quantitative estimate of drug-likeness (QED) is 0.500. The molecule has 2 atom stereocenters. The molecule has 0 aliphatic carbocycles.